The number of sulfonamides is 1. The van der Waals surface area contributed by atoms with Gasteiger partial charge in [-0.3, -0.25) is 19.2 Å². The van der Waals surface area contributed by atoms with E-state index in [9.17, 15) is 23.3 Å². The number of ether oxygens (including phenoxy) is 1. The average molecular weight is 490 g/mol. The summed E-state index contributed by atoms with van der Waals surface area (Å²) in [6.07, 6.45) is 3.14. The molecule has 0 spiro atoms. The van der Waals surface area contributed by atoms with Crippen LogP contribution in [0.3, 0.4) is 0 Å². The molecule has 1 saturated heterocycles. The quantitative estimate of drug-likeness (QED) is 0.323. The number of hydrazone groups is 1. The van der Waals surface area contributed by atoms with Crippen LogP contribution in [-0.4, -0.2) is 64.6 Å². The second-order valence-corrected chi connectivity index (χ2v) is 9.59. The van der Waals surface area contributed by atoms with Crippen LogP contribution in [0, 0.1) is 10.1 Å². The smallest absolute Gasteiger partial charge is 0.270 e. The van der Waals surface area contributed by atoms with Crippen LogP contribution in [0.25, 0.3) is 0 Å². The van der Waals surface area contributed by atoms with Crippen molar-refractivity contribution in [2.24, 2.45) is 5.10 Å². The van der Waals surface area contributed by atoms with Crippen molar-refractivity contribution >= 4 is 39.2 Å². The molecule has 0 unspecified atom stereocenters. The fourth-order valence-electron chi connectivity index (χ4n) is 3.49. The summed E-state index contributed by atoms with van der Waals surface area (Å²) in [5.74, 6) is -0.653. The standard InChI is InChI=1S/C22H27N5O6S/c1-3-17-4-6-19(7-5-17)26(34(2,31)32)16-22(28)24-23-15-18-14-20(27(29)30)8-9-21(18)25-10-12-33-13-11-25/h4-9,14-15H,3,10-13,16H2,1-2H3,(H,24,28)/b23-15-. The third-order valence-electron chi connectivity index (χ3n) is 5.29. The maximum absolute atomic E-state index is 12.5. The van der Waals surface area contributed by atoms with Gasteiger partial charge in [0.25, 0.3) is 11.6 Å². The van der Waals surface area contributed by atoms with Gasteiger partial charge in [0.05, 0.1) is 36.3 Å². The minimum atomic E-state index is -3.72. The molecule has 1 heterocycles. The summed E-state index contributed by atoms with van der Waals surface area (Å²) in [5.41, 5.74) is 4.79. The normalized spacial score (nSPS) is 14.2. The molecule has 1 amide bonds. The lowest BCUT2D eigenvalue weighted by molar-refractivity contribution is -0.384. The number of carbonyl (C=O) groups is 1. The van der Waals surface area contributed by atoms with Gasteiger partial charge in [-0.15, -0.1) is 0 Å². The Bertz CT molecular complexity index is 1160. The molecule has 1 aliphatic heterocycles. The van der Waals surface area contributed by atoms with Gasteiger partial charge in [0.2, 0.25) is 10.0 Å². The van der Waals surface area contributed by atoms with Gasteiger partial charge in [0.1, 0.15) is 6.54 Å². The molecule has 2 aromatic carbocycles. The first-order chi connectivity index (χ1) is 16.2. The molecule has 1 N–H and O–H groups in total. The molecule has 1 aliphatic rings. The largest absolute Gasteiger partial charge is 0.378 e. The summed E-state index contributed by atoms with van der Waals surface area (Å²) in [6, 6.07) is 11.3. The molecule has 0 radical (unpaired) electrons. The maximum Gasteiger partial charge on any atom is 0.270 e. The lowest BCUT2D eigenvalue weighted by atomic mass is 10.1. The molecule has 182 valence electrons. The topological polar surface area (TPSA) is 134 Å². The Morgan fingerprint density at radius 3 is 2.50 bits per heavy atom. The van der Waals surface area contributed by atoms with Crippen LogP contribution < -0.4 is 14.6 Å². The van der Waals surface area contributed by atoms with Crippen molar-refractivity contribution in [1.29, 1.82) is 0 Å². The highest BCUT2D eigenvalue weighted by molar-refractivity contribution is 7.92. The number of non-ortho nitro benzene ring substituents is 1. The first-order valence-corrected chi connectivity index (χ1v) is 12.5. The zero-order valence-electron chi connectivity index (χ0n) is 19.0. The molecule has 3 rings (SSSR count). The molecule has 0 aromatic heterocycles. The average Bonchev–Trinajstić information content (AvgIpc) is 2.82. The SMILES string of the molecule is CCc1ccc(N(CC(=O)N/N=C\c2cc([N+](=O)[O-])ccc2N2CCOCC2)S(C)(=O)=O)cc1. The molecule has 1 fully saturated rings. The predicted molar refractivity (Wildman–Crippen MR) is 130 cm³/mol. The molecule has 0 bridgehead atoms. The summed E-state index contributed by atoms with van der Waals surface area (Å²) >= 11 is 0. The second kappa shape index (κ2) is 11.1. The Hall–Kier alpha value is -3.51. The summed E-state index contributed by atoms with van der Waals surface area (Å²) in [4.78, 5) is 25.2. The van der Waals surface area contributed by atoms with E-state index in [1.165, 1.54) is 18.3 Å². The number of hydrogen-bond acceptors (Lipinski definition) is 8. The van der Waals surface area contributed by atoms with E-state index in [0.29, 0.717) is 37.6 Å². The van der Waals surface area contributed by atoms with Gasteiger partial charge < -0.3 is 9.64 Å². The van der Waals surface area contributed by atoms with Crippen LogP contribution in [-0.2, 0) is 26.0 Å². The van der Waals surface area contributed by atoms with Crippen LogP contribution in [0.1, 0.15) is 18.1 Å². The van der Waals surface area contributed by atoms with Gasteiger partial charge in [-0.1, -0.05) is 19.1 Å². The van der Waals surface area contributed by atoms with Crippen LogP contribution in [0.4, 0.5) is 17.1 Å². The fourth-order valence-corrected chi connectivity index (χ4v) is 4.35. The third-order valence-corrected chi connectivity index (χ3v) is 6.43. The number of amides is 1. The van der Waals surface area contributed by atoms with Gasteiger partial charge >= 0.3 is 0 Å². The number of anilines is 2. The highest BCUT2D eigenvalue weighted by atomic mass is 32.2. The Balaban J connectivity index is 1.76. The number of aryl methyl sites for hydroxylation is 1. The molecule has 0 aliphatic carbocycles. The van der Waals surface area contributed by atoms with E-state index in [1.54, 1.807) is 30.3 Å². The van der Waals surface area contributed by atoms with E-state index in [1.807, 2.05) is 11.8 Å². The molecule has 0 atom stereocenters. The lowest BCUT2D eigenvalue weighted by Crippen LogP contribution is -2.39. The van der Waals surface area contributed by atoms with Crippen molar-refractivity contribution in [1.82, 2.24) is 5.43 Å². The van der Waals surface area contributed by atoms with Crippen molar-refractivity contribution < 1.29 is 22.9 Å². The number of hydrogen-bond donors (Lipinski definition) is 1. The molecular formula is C22H27N5O6S. The monoisotopic (exact) mass is 489 g/mol. The number of rotatable bonds is 9. The van der Waals surface area contributed by atoms with E-state index in [-0.39, 0.29) is 5.69 Å². The van der Waals surface area contributed by atoms with E-state index in [2.05, 4.69) is 10.5 Å². The summed E-state index contributed by atoms with van der Waals surface area (Å²) < 4.78 is 30.9. The third kappa shape index (κ3) is 6.51. The van der Waals surface area contributed by atoms with Gasteiger partial charge in [-0.05, 0) is 30.2 Å². The molecule has 2 aromatic rings. The first-order valence-electron chi connectivity index (χ1n) is 10.7. The molecular weight excluding hydrogens is 462 g/mol. The van der Waals surface area contributed by atoms with Crippen molar-refractivity contribution in [2.75, 3.05) is 48.3 Å². The number of carbonyl (C=O) groups excluding carboxylic acids is 1. The van der Waals surface area contributed by atoms with Gasteiger partial charge in [-0.25, -0.2) is 13.8 Å². The molecule has 0 saturated carbocycles. The summed E-state index contributed by atoms with van der Waals surface area (Å²) in [5, 5.41) is 15.1. The summed E-state index contributed by atoms with van der Waals surface area (Å²) in [7, 11) is -3.72. The lowest BCUT2D eigenvalue weighted by Gasteiger charge is -2.29. The fraction of sp³-hybridized carbons (Fsp3) is 0.364. The first kappa shape index (κ1) is 25.1. The minimum absolute atomic E-state index is 0.108. The number of nitro benzene ring substituents is 1. The van der Waals surface area contributed by atoms with E-state index >= 15 is 0 Å². The molecule has 12 heteroatoms. The minimum Gasteiger partial charge on any atom is -0.378 e. The Morgan fingerprint density at radius 2 is 1.91 bits per heavy atom. The van der Waals surface area contributed by atoms with Crippen molar-refractivity contribution in [2.45, 2.75) is 13.3 Å². The highest BCUT2D eigenvalue weighted by Gasteiger charge is 2.21. The second-order valence-electron chi connectivity index (χ2n) is 7.68. The Kier molecular flexibility index (Phi) is 8.18. The van der Waals surface area contributed by atoms with Crippen molar-refractivity contribution in [3.8, 4) is 0 Å². The molecule has 34 heavy (non-hydrogen) atoms. The van der Waals surface area contributed by atoms with Crippen LogP contribution in [0.15, 0.2) is 47.6 Å². The number of nitrogens with zero attached hydrogens (tertiary/aromatic N) is 4. The number of benzene rings is 2. The van der Waals surface area contributed by atoms with Gasteiger partial charge in [-0.2, -0.15) is 5.10 Å². The van der Waals surface area contributed by atoms with E-state index < -0.39 is 27.4 Å². The van der Waals surface area contributed by atoms with Crippen LogP contribution >= 0.6 is 0 Å². The van der Waals surface area contributed by atoms with Crippen LogP contribution in [0.2, 0.25) is 0 Å². The number of nitro groups is 1. The van der Waals surface area contributed by atoms with Crippen molar-refractivity contribution in [3.05, 3.63) is 63.7 Å². The van der Waals surface area contributed by atoms with Crippen molar-refractivity contribution in [3.63, 3.8) is 0 Å². The zero-order chi connectivity index (χ0) is 24.7. The summed E-state index contributed by atoms with van der Waals surface area (Å²) in [6.45, 7) is 3.82. The zero-order valence-corrected chi connectivity index (χ0v) is 19.8. The Labute approximate surface area is 198 Å². The van der Waals surface area contributed by atoms with Gasteiger partial charge in [0.15, 0.2) is 0 Å². The van der Waals surface area contributed by atoms with E-state index in [4.69, 9.17) is 4.74 Å². The number of nitrogens with one attached hydrogen (secondary N) is 1. The maximum atomic E-state index is 12.5. The number of morpholine rings is 1. The molecule has 11 nitrogen and oxygen atoms in total. The van der Waals surface area contributed by atoms with Crippen LogP contribution in [0.5, 0.6) is 0 Å². The predicted octanol–water partition coefficient (Wildman–Crippen LogP) is 1.91. The Morgan fingerprint density at radius 1 is 1.24 bits per heavy atom. The highest BCUT2D eigenvalue weighted by Crippen LogP contribution is 2.25. The van der Waals surface area contributed by atoms with Gasteiger partial charge in [0, 0.05) is 36.5 Å². The van der Waals surface area contributed by atoms with E-state index in [0.717, 1.165) is 28.2 Å².